The minimum absolute atomic E-state index is 0.0659. The number of nitrogens with zero attached hydrogens (tertiary/aromatic N) is 1. The molecule has 1 aliphatic rings. The smallest absolute Gasteiger partial charge is 0.321 e. The first kappa shape index (κ1) is 22.3. The molecular weight excluding hydrogens is 399 g/mol. The number of anilines is 1. The van der Waals surface area contributed by atoms with Crippen molar-refractivity contribution < 1.29 is 18.8 Å². The number of piperidine rings is 1. The third kappa shape index (κ3) is 6.53. The van der Waals surface area contributed by atoms with E-state index in [1.54, 1.807) is 23.1 Å². The average Bonchev–Trinajstić information content (AvgIpc) is 2.75. The molecule has 3 rings (SSSR count). The van der Waals surface area contributed by atoms with Crippen LogP contribution in [0.2, 0.25) is 0 Å². The average molecular weight is 426 g/mol. The van der Waals surface area contributed by atoms with Crippen LogP contribution in [0.1, 0.15) is 25.3 Å². The van der Waals surface area contributed by atoms with Crippen LogP contribution in [0.15, 0.2) is 54.6 Å². The van der Waals surface area contributed by atoms with Crippen LogP contribution in [-0.2, 0) is 16.0 Å². The quantitative estimate of drug-likeness (QED) is 0.663. The van der Waals surface area contributed by atoms with Crippen molar-refractivity contribution in [2.24, 2.45) is 0 Å². The highest BCUT2D eigenvalue weighted by Crippen LogP contribution is 2.14. The summed E-state index contributed by atoms with van der Waals surface area (Å²) in [4.78, 5) is 38.5. The molecule has 31 heavy (non-hydrogen) atoms. The van der Waals surface area contributed by atoms with Gasteiger partial charge in [0.1, 0.15) is 11.9 Å². The Labute approximate surface area is 181 Å². The summed E-state index contributed by atoms with van der Waals surface area (Å²) >= 11 is 0. The minimum Gasteiger partial charge on any atom is -0.351 e. The Kier molecular flexibility index (Phi) is 7.59. The zero-order chi connectivity index (χ0) is 22.2. The lowest BCUT2D eigenvalue weighted by Crippen LogP contribution is -2.53. The second-order valence-corrected chi connectivity index (χ2v) is 7.61. The van der Waals surface area contributed by atoms with Gasteiger partial charge < -0.3 is 20.9 Å². The van der Waals surface area contributed by atoms with E-state index in [-0.39, 0.29) is 30.3 Å². The van der Waals surface area contributed by atoms with Gasteiger partial charge in [0.15, 0.2) is 0 Å². The molecule has 0 bridgehead atoms. The predicted octanol–water partition coefficient (Wildman–Crippen LogP) is 2.69. The Balaban J connectivity index is 1.52. The molecule has 164 valence electrons. The molecule has 1 atom stereocenters. The standard InChI is InChI=1S/C23H27FN4O3/c1-16(29)25-21(15-17-7-5-6-10-20(17)24)22(30)26-19-11-13-28(14-12-19)23(31)27-18-8-3-2-4-9-18/h2-10,19,21H,11-15H2,1H3,(H,25,29)(H,26,30)(H,27,31). The molecule has 7 nitrogen and oxygen atoms in total. The number of nitrogens with one attached hydrogen (secondary N) is 3. The zero-order valence-electron chi connectivity index (χ0n) is 17.4. The van der Waals surface area contributed by atoms with Gasteiger partial charge in [-0.2, -0.15) is 0 Å². The summed E-state index contributed by atoms with van der Waals surface area (Å²) in [5.41, 5.74) is 1.10. The molecular formula is C23H27FN4O3. The maximum atomic E-state index is 14.0. The fraction of sp³-hybridized carbons (Fsp3) is 0.348. The Morgan fingerprint density at radius 2 is 1.68 bits per heavy atom. The molecule has 1 unspecified atom stereocenters. The van der Waals surface area contributed by atoms with Crippen LogP contribution in [0.4, 0.5) is 14.9 Å². The maximum absolute atomic E-state index is 14.0. The summed E-state index contributed by atoms with van der Waals surface area (Å²) in [6.45, 7) is 2.33. The van der Waals surface area contributed by atoms with Crippen molar-refractivity contribution in [2.75, 3.05) is 18.4 Å². The van der Waals surface area contributed by atoms with Crippen LogP contribution in [0.3, 0.4) is 0 Å². The second kappa shape index (κ2) is 10.6. The molecule has 0 spiro atoms. The fourth-order valence-electron chi connectivity index (χ4n) is 3.59. The van der Waals surface area contributed by atoms with Gasteiger partial charge in [0.25, 0.3) is 0 Å². The summed E-state index contributed by atoms with van der Waals surface area (Å²) in [6, 6.07) is 14.3. The lowest BCUT2D eigenvalue weighted by atomic mass is 10.0. The van der Waals surface area contributed by atoms with Crippen molar-refractivity contribution in [1.29, 1.82) is 0 Å². The Hall–Kier alpha value is -3.42. The van der Waals surface area contributed by atoms with E-state index in [9.17, 15) is 18.8 Å². The summed E-state index contributed by atoms with van der Waals surface area (Å²) in [6.07, 6.45) is 1.26. The number of urea groups is 1. The van der Waals surface area contributed by atoms with Crippen molar-refractivity contribution >= 4 is 23.5 Å². The number of benzene rings is 2. The van der Waals surface area contributed by atoms with Crippen molar-refractivity contribution in [3.05, 3.63) is 66.0 Å². The first-order chi connectivity index (χ1) is 14.9. The number of rotatable bonds is 6. The van der Waals surface area contributed by atoms with Crippen molar-refractivity contribution in [1.82, 2.24) is 15.5 Å². The van der Waals surface area contributed by atoms with Crippen LogP contribution in [0, 0.1) is 5.82 Å². The molecule has 1 fully saturated rings. The van der Waals surface area contributed by atoms with E-state index in [0.717, 1.165) is 5.69 Å². The Morgan fingerprint density at radius 1 is 1.03 bits per heavy atom. The van der Waals surface area contributed by atoms with Gasteiger partial charge in [0, 0.05) is 38.2 Å². The second-order valence-electron chi connectivity index (χ2n) is 7.61. The number of carbonyl (C=O) groups is 3. The maximum Gasteiger partial charge on any atom is 0.321 e. The lowest BCUT2D eigenvalue weighted by molar-refractivity contribution is -0.128. The minimum atomic E-state index is -0.867. The molecule has 0 radical (unpaired) electrons. The van der Waals surface area contributed by atoms with Crippen molar-refractivity contribution in [2.45, 2.75) is 38.3 Å². The topological polar surface area (TPSA) is 90.5 Å². The summed E-state index contributed by atoms with van der Waals surface area (Å²) < 4.78 is 14.0. The fourth-order valence-corrected chi connectivity index (χ4v) is 3.59. The monoisotopic (exact) mass is 426 g/mol. The molecule has 0 saturated carbocycles. The molecule has 1 saturated heterocycles. The molecule has 2 aromatic carbocycles. The molecule has 0 aromatic heterocycles. The Morgan fingerprint density at radius 3 is 2.32 bits per heavy atom. The van der Waals surface area contributed by atoms with E-state index in [4.69, 9.17) is 0 Å². The van der Waals surface area contributed by atoms with Crippen LogP contribution in [0.5, 0.6) is 0 Å². The summed E-state index contributed by atoms with van der Waals surface area (Å²) in [5, 5.41) is 8.40. The number of carbonyl (C=O) groups excluding carboxylic acids is 3. The van der Waals surface area contributed by atoms with E-state index in [1.807, 2.05) is 30.3 Å². The van der Waals surface area contributed by atoms with Gasteiger partial charge in [0.05, 0.1) is 0 Å². The molecule has 1 heterocycles. The van der Waals surface area contributed by atoms with E-state index in [2.05, 4.69) is 16.0 Å². The van der Waals surface area contributed by atoms with Gasteiger partial charge in [-0.25, -0.2) is 9.18 Å². The van der Waals surface area contributed by atoms with Gasteiger partial charge in [-0.05, 0) is 36.6 Å². The molecule has 1 aliphatic heterocycles. The number of likely N-dealkylation sites (tertiary alicyclic amines) is 1. The normalized spacial score (nSPS) is 15.1. The van der Waals surface area contributed by atoms with E-state index >= 15 is 0 Å². The molecule has 4 amide bonds. The SMILES string of the molecule is CC(=O)NC(Cc1ccccc1F)C(=O)NC1CCN(C(=O)Nc2ccccc2)CC1. The Bertz CT molecular complexity index is 914. The molecule has 3 N–H and O–H groups in total. The first-order valence-corrected chi connectivity index (χ1v) is 10.3. The third-order valence-corrected chi connectivity index (χ3v) is 5.23. The zero-order valence-corrected chi connectivity index (χ0v) is 17.4. The summed E-state index contributed by atoms with van der Waals surface area (Å²) in [5.74, 6) is -1.13. The van der Waals surface area contributed by atoms with E-state index < -0.39 is 11.9 Å². The van der Waals surface area contributed by atoms with Crippen LogP contribution >= 0.6 is 0 Å². The van der Waals surface area contributed by atoms with E-state index in [0.29, 0.717) is 31.5 Å². The van der Waals surface area contributed by atoms with Crippen molar-refractivity contribution in [3.63, 3.8) is 0 Å². The van der Waals surface area contributed by atoms with Gasteiger partial charge in [0.2, 0.25) is 11.8 Å². The number of hydrogen-bond acceptors (Lipinski definition) is 3. The highest BCUT2D eigenvalue weighted by molar-refractivity contribution is 5.89. The number of hydrogen-bond donors (Lipinski definition) is 3. The van der Waals surface area contributed by atoms with Crippen LogP contribution in [0.25, 0.3) is 0 Å². The number of halogens is 1. The van der Waals surface area contributed by atoms with Crippen LogP contribution in [-0.4, -0.2) is 47.9 Å². The van der Waals surface area contributed by atoms with Gasteiger partial charge >= 0.3 is 6.03 Å². The van der Waals surface area contributed by atoms with E-state index in [1.165, 1.54) is 13.0 Å². The highest BCUT2D eigenvalue weighted by Gasteiger charge is 2.27. The summed E-state index contributed by atoms with van der Waals surface area (Å²) in [7, 11) is 0. The molecule has 0 aliphatic carbocycles. The molecule has 2 aromatic rings. The largest absolute Gasteiger partial charge is 0.351 e. The predicted molar refractivity (Wildman–Crippen MR) is 116 cm³/mol. The highest BCUT2D eigenvalue weighted by atomic mass is 19.1. The number of para-hydroxylation sites is 1. The third-order valence-electron chi connectivity index (χ3n) is 5.23. The van der Waals surface area contributed by atoms with Gasteiger partial charge in [-0.15, -0.1) is 0 Å². The van der Waals surface area contributed by atoms with Crippen molar-refractivity contribution in [3.8, 4) is 0 Å². The number of amides is 4. The van der Waals surface area contributed by atoms with Gasteiger partial charge in [-0.1, -0.05) is 36.4 Å². The molecule has 8 heteroatoms. The lowest BCUT2D eigenvalue weighted by Gasteiger charge is -2.33. The van der Waals surface area contributed by atoms with Crippen LogP contribution < -0.4 is 16.0 Å². The van der Waals surface area contributed by atoms with Gasteiger partial charge in [-0.3, -0.25) is 9.59 Å². The first-order valence-electron chi connectivity index (χ1n) is 10.3.